The quantitative estimate of drug-likeness (QED) is 0.518. The molecule has 0 radical (unpaired) electrons. The van der Waals surface area contributed by atoms with Gasteiger partial charge in [0, 0.05) is 5.41 Å². The molecule has 0 bridgehead atoms. The van der Waals surface area contributed by atoms with Crippen molar-refractivity contribution in [1.29, 1.82) is 0 Å². The Morgan fingerprint density at radius 3 is 2.62 bits per heavy atom. The zero-order valence-electron chi connectivity index (χ0n) is 5.09. The summed E-state index contributed by atoms with van der Waals surface area (Å²) in [5.41, 5.74) is 4.13. The third-order valence-electron chi connectivity index (χ3n) is 0.945. The first-order chi connectivity index (χ1) is 3.80. The Kier molecular flexibility index (Phi) is 1.81. The average molecular weight is 130 g/mol. The second-order valence-corrected chi connectivity index (χ2v) is 2.95. The molecule has 2 nitrogen and oxygen atoms in total. The fourth-order valence-corrected chi connectivity index (χ4v) is 1.17. The fraction of sp³-hybridized carbons (Fsp3) is 0.600. The lowest BCUT2D eigenvalue weighted by atomic mass is 10.4. The van der Waals surface area contributed by atoms with Crippen molar-refractivity contribution in [2.24, 2.45) is 0 Å². The van der Waals surface area contributed by atoms with Gasteiger partial charge in [0.25, 0.3) is 0 Å². The van der Waals surface area contributed by atoms with Crippen LogP contribution < -0.4 is 4.41 Å². The molecule has 1 aliphatic heterocycles. The summed E-state index contributed by atoms with van der Waals surface area (Å²) in [7, 11) is 0. The first kappa shape index (κ1) is 5.98. The van der Waals surface area contributed by atoms with Gasteiger partial charge in [-0.25, -0.2) is 0 Å². The maximum atomic E-state index is 4.13. The Bertz CT molecular complexity index is 92.6. The maximum absolute atomic E-state index is 4.13. The van der Waals surface area contributed by atoms with Crippen LogP contribution >= 0.6 is 11.9 Å². The summed E-state index contributed by atoms with van der Waals surface area (Å²) in [6, 6.07) is 0.593. The van der Waals surface area contributed by atoms with Crippen molar-refractivity contribution in [3.8, 4) is 0 Å². The summed E-state index contributed by atoms with van der Waals surface area (Å²) >= 11 is 1.72. The molecular formula is C5H10N2S. The minimum absolute atomic E-state index is 0.593. The molecule has 1 atom stereocenters. The van der Waals surface area contributed by atoms with E-state index in [9.17, 15) is 0 Å². The van der Waals surface area contributed by atoms with Crippen LogP contribution in [0.3, 0.4) is 0 Å². The highest BCUT2D eigenvalue weighted by atomic mass is 32.2. The second kappa shape index (κ2) is 2.42. The third-order valence-corrected chi connectivity index (χ3v) is 2.02. The molecule has 0 aliphatic carbocycles. The molecule has 3 heteroatoms. The Morgan fingerprint density at radius 1 is 1.62 bits per heavy atom. The number of nitrogens with one attached hydrogen (secondary N) is 1. The first-order valence-corrected chi connectivity index (χ1v) is 3.58. The average Bonchev–Trinajstić information content (AvgIpc) is 2.12. The highest BCUT2D eigenvalue weighted by molar-refractivity contribution is 7.96. The van der Waals surface area contributed by atoms with Crippen LogP contribution in [-0.4, -0.2) is 6.04 Å². The molecule has 0 saturated carbocycles. The summed E-state index contributed by atoms with van der Waals surface area (Å²) in [6.07, 6.45) is 1.85. The van der Waals surface area contributed by atoms with E-state index in [-0.39, 0.29) is 0 Å². The topological polar surface area (TPSA) is 18.5 Å². The molecule has 46 valence electrons. The molecule has 0 aromatic heterocycles. The highest BCUT2D eigenvalue weighted by Gasteiger charge is 2.05. The molecule has 1 rings (SSSR count). The van der Waals surface area contributed by atoms with Gasteiger partial charge in [-0.1, -0.05) is 0 Å². The van der Waals surface area contributed by atoms with Gasteiger partial charge in [-0.15, -0.1) is 6.20 Å². The molecule has 0 aromatic carbocycles. The smallest absolute Gasteiger partial charge is 0.0951 e. The number of hydrogen-bond acceptors (Lipinski definition) is 1. The van der Waals surface area contributed by atoms with Gasteiger partial charge in [0.1, 0.15) is 0 Å². The van der Waals surface area contributed by atoms with E-state index in [0.717, 1.165) is 0 Å². The standard InChI is InChI=1S/C5H10N2S/c1-5(2)7-6-3-4-8-7/h3-5,7H,1-2H3. The summed E-state index contributed by atoms with van der Waals surface area (Å²) in [5.74, 6) is 0. The predicted octanol–water partition coefficient (Wildman–Crippen LogP) is 0.701. The molecule has 0 fully saturated rings. The van der Waals surface area contributed by atoms with Crippen molar-refractivity contribution >= 4 is 11.9 Å². The van der Waals surface area contributed by atoms with Crippen LogP contribution in [0.4, 0.5) is 0 Å². The molecular weight excluding hydrogens is 120 g/mol. The molecule has 1 heterocycles. The molecule has 1 N–H and O–H groups in total. The van der Waals surface area contributed by atoms with E-state index < -0.39 is 0 Å². The molecule has 0 saturated heterocycles. The predicted molar refractivity (Wildman–Crippen MR) is 36.2 cm³/mol. The van der Waals surface area contributed by atoms with Crippen LogP contribution in [0.2, 0.25) is 0 Å². The van der Waals surface area contributed by atoms with Crippen molar-refractivity contribution < 1.29 is 4.41 Å². The van der Waals surface area contributed by atoms with Crippen molar-refractivity contribution in [1.82, 2.24) is 0 Å². The molecule has 0 amide bonds. The van der Waals surface area contributed by atoms with Crippen LogP contribution in [-0.2, 0) is 0 Å². The van der Waals surface area contributed by atoms with E-state index in [1.807, 2.05) is 11.6 Å². The summed E-state index contributed by atoms with van der Waals surface area (Å²) in [6.45, 7) is 4.30. The number of hydrogen-bond donors (Lipinski definition) is 1. The van der Waals surface area contributed by atoms with Crippen molar-refractivity contribution in [3.05, 3.63) is 17.0 Å². The van der Waals surface area contributed by atoms with Gasteiger partial charge < -0.3 is 9.84 Å². The Morgan fingerprint density at radius 2 is 2.38 bits per heavy atom. The Hall–Kier alpha value is -0.150. The minimum Gasteiger partial charge on any atom is -0.482 e. The lowest BCUT2D eigenvalue weighted by Crippen LogP contribution is -3.03. The monoisotopic (exact) mass is 130 g/mol. The molecule has 0 spiro atoms. The molecule has 8 heavy (non-hydrogen) atoms. The number of quaternary nitrogens is 1. The zero-order valence-corrected chi connectivity index (χ0v) is 5.90. The van der Waals surface area contributed by atoms with Gasteiger partial charge in [0.15, 0.2) is 0 Å². The second-order valence-electron chi connectivity index (χ2n) is 2.03. The third kappa shape index (κ3) is 1.17. The zero-order chi connectivity index (χ0) is 5.98. The summed E-state index contributed by atoms with van der Waals surface area (Å²) < 4.78 is 1.23. The lowest BCUT2D eigenvalue weighted by molar-refractivity contribution is -0.732. The summed E-state index contributed by atoms with van der Waals surface area (Å²) in [4.78, 5) is 0. The van der Waals surface area contributed by atoms with Crippen LogP contribution in [0.15, 0.2) is 11.6 Å². The van der Waals surface area contributed by atoms with E-state index in [4.69, 9.17) is 0 Å². The fourth-order valence-electron chi connectivity index (χ4n) is 0.520. The molecule has 1 aliphatic rings. The van der Waals surface area contributed by atoms with Crippen molar-refractivity contribution in [2.45, 2.75) is 19.9 Å². The lowest BCUT2D eigenvalue weighted by Gasteiger charge is -2.24. The Balaban J connectivity index is 2.29. The van der Waals surface area contributed by atoms with E-state index in [2.05, 4.69) is 19.3 Å². The van der Waals surface area contributed by atoms with E-state index in [1.165, 1.54) is 4.41 Å². The van der Waals surface area contributed by atoms with Gasteiger partial charge in [-0.2, -0.15) is 0 Å². The van der Waals surface area contributed by atoms with E-state index in [0.29, 0.717) is 6.04 Å². The van der Waals surface area contributed by atoms with Crippen LogP contribution in [0.25, 0.3) is 5.43 Å². The van der Waals surface area contributed by atoms with Gasteiger partial charge in [0.05, 0.1) is 18.0 Å². The number of nitrogens with zero attached hydrogens (tertiary/aromatic N) is 1. The van der Waals surface area contributed by atoms with Gasteiger partial charge in [0.2, 0.25) is 0 Å². The molecule has 1 unspecified atom stereocenters. The number of rotatable bonds is 1. The van der Waals surface area contributed by atoms with Crippen LogP contribution in [0, 0.1) is 0 Å². The normalized spacial score (nSPS) is 26.6. The highest BCUT2D eigenvalue weighted by Crippen LogP contribution is 2.02. The summed E-state index contributed by atoms with van der Waals surface area (Å²) in [5, 5.41) is 2.01. The van der Waals surface area contributed by atoms with Crippen molar-refractivity contribution in [3.63, 3.8) is 0 Å². The van der Waals surface area contributed by atoms with Crippen LogP contribution in [0.1, 0.15) is 13.8 Å². The van der Waals surface area contributed by atoms with Crippen LogP contribution in [0.5, 0.6) is 0 Å². The van der Waals surface area contributed by atoms with Gasteiger partial charge >= 0.3 is 0 Å². The largest absolute Gasteiger partial charge is 0.482 e. The van der Waals surface area contributed by atoms with Crippen molar-refractivity contribution in [2.75, 3.05) is 0 Å². The van der Waals surface area contributed by atoms with Gasteiger partial charge in [-0.3, -0.25) is 0 Å². The first-order valence-electron chi connectivity index (χ1n) is 2.70. The SMILES string of the molecule is CC(C)[NH+]1[N-]C=CS1. The molecule has 0 aromatic rings. The maximum Gasteiger partial charge on any atom is 0.0951 e. The van der Waals surface area contributed by atoms with E-state index in [1.54, 1.807) is 11.9 Å². The Labute approximate surface area is 54.0 Å². The minimum atomic E-state index is 0.593. The van der Waals surface area contributed by atoms with E-state index >= 15 is 0 Å². The van der Waals surface area contributed by atoms with Gasteiger partial charge in [-0.05, 0) is 13.8 Å².